The van der Waals surface area contributed by atoms with Gasteiger partial charge in [0.15, 0.2) is 0 Å². The van der Waals surface area contributed by atoms with Gasteiger partial charge in [-0.05, 0) is 60.8 Å². The van der Waals surface area contributed by atoms with Crippen molar-refractivity contribution in [1.82, 2.24) is 5.32 Å². The Morgan fingerprint density at radius 1 is 1.00 bits per heavy atom. The summed E-state index contributed by atoms with van der Waals surface area (Å²) in [5, 5.41) is 2.58. The van der Waals surface area contributed by atoms with Crippen LogP contribution in [-0.4, -0.2) is 35.2 Å². The van der Waals surface area contributed by atoms with Gasteiger partial charge in [0, 0.05) is 5.88 Å². The molecule has 0 unspecified atom stereocenters. The zero-order valence-corrected chi connectivity index (χ0v) is 14.7. The number of nitrogens with one attached hydrogen (secondary N) is 1. The number of esters is 1. The fourth-order valence-electron chi connectivity index (χ4n) is 1.51. The number of hydrogen-bond acceptors (Lipinski definition) is 4. The van der Waals surface area contributed by atoms with E-state index in [1.807, 2.05) is 0 Å². The molecule has 6 heteroatoms. The lowest BCUT2D eigenvalue weighted by Crippen LogP contribution is -2.46. The molecule has 1 amide bonds. The maximum Gasteiger partial charge on any atom is 0.408 e. The summed E-state index contributed by atoms with van der Waals surface area (Å²) in [6.45, 7) is 10.7. The Morgan fingerprint density at radius 3 is 1.95 bits per heavy atom. The van der Waals surface area contributed by atoms with Gasteiger partial charge in [0.1, 0.15) is 17.2 Å². The second-order valence-corrected chi connectivity index (χ2v) is 7.30. The molecule has 0 aromatic heterocycles. The minimum Gasteiger partial charge on any atom is -0.458 e. The SMILES string of the molecule is CC(C)(C)OC(=O)N[C@@H](CCCCCl)C(=O)OC(C)(C)C. The molecule has 0 saturated heterocycles. The van der Waals surface area contributed by atoms with Gasteiger partial charge in [0.25, 0.3) is 0 Å². The van der Waals surface area contributed by atoms with E-state index in [9.17, 15) is 9.59 Å². The molecule has 0 fully saturated rings. The minimum absolute atomic E-state index is 0.456. The summed E-state index contributed by atoms with van der Waals surface area (Å²) < 4.78 is 10.5. The first kappa shape index (κ1) is 20.0. The molecule has 21 heavy (non-hydrogen) atoms. The standard InChI is InChI=1S/C15H28ClNO4/c1-14(2,3)20-12(18)11(9-7-8-10-16)17-13(19)21-15(4,5)6/h11H,7-10H2,1-6H3,(H,17,19)/t11-/m0/s1. The summed E-state index contributed by atoms with van der Waals surface area (Å²) in [5.41, 5.74) is -1.21. The van der Waals surface area contributed by atoms with Crippen LogP contribution in [0.5, 0.6) is 0 Å². The Morgan fingerprint density at radius 2 is 1.52 bits per heavy atom. The molecule has 1 atom stereocenters. The van der Waals surface area contributed by atoms with Gasteiger partial charge >= 0.3 is 12.1 Å². The fraction of sp³-hybridized carbons (Fsp3) is 0.867. The van der Waals surface area contributed by atoms with Crippen molar-refractivity contribution in [2.75, 3.05) is 5.88 Å². The molecule has 0 aromatic rings. The number of carbonyl (C=O) groups excluding carboxylic acids is 2. The van der Waals surface area contributed by atoms with Gasteiger partial charge in [-0.25, -0.2) is 9.59 Å². The van der Waals surface area contributed by atoms with Crippen LogP contribution in [0.2, 0.25) is 0 Å². The Kier molecular flexibility index (Phi) is 8.08. The third-order valence-corrected chi connectivity index (χ3v) is 2.53. The van der Waals surface area contributed by atoms with Crippen LogP contribution in [-0.2, 0) is 14.3 Å². The highest BCUT2D eigenvalue weighted by atomic mass is 35.5. The summed E-state index contributed by atoms with van der Waals surface area (Å²) in [5.74, 6) is 0.0657. The number of hydrogen-bond donors (Lipinski definition) is 1. The summed E-state index contributed by atoms with van der Waals surface area (Å²) in [7, 11) is 0. The van der Waals surface area contributed by atoms with E-state index in [1.54, 1.807) is 41.5 Å². The highest BCUT2D eigenvalue weighted by Crippen LogP contribution is 2.13. The first-order valence-electron chi connectivity index (χ1n) is 7.23. The number of halogens is 1. The Balaban J connectivity index is 4.65. The third kappa shape index (κ3) is 11.4. The van der Waals surface area contributed by atoms with E-state index < -0.39 is 29.3 Å². The molecule has 0 bridgehead atoms. The lowest BCUT2D eigenvalue weighted by molar-refractivity contribution is -0.157. The Bertz CT molecular complexity index is 345. The average Bonchev–Trinajstić information content (AvgIpc) is 2.22. The van der Waals surface area contributed by atoms with Crippen LogP contribution in [0, 0.1) is 0 Å². The fourth-order valence-corrected chi connectivity index (χ4v) is 1.70. The third-order valence-electron chi connectivity index (χ3n) is 2.26. The van der Waals surface area contributed by atoms with E-state index in [0.717, 1.165) is 12.8 Å². The minimum atomic E-state index is -0.720. The average molecular weight is 322 g/mol. The zero-order valence-electron chi connectivity index (χ0n) is 13.9. The summed E-state index contributed by atoms with van der Waals surface area (Å²) in [6, 6.07) is -0.720. The van der Waals surface area contributed by atoms with Crippen molar-refractivity contribution in [3.63, 3.8) is 0 Å². The van der Waals surface area contributed by atoms with E-state index in [-0.39, 0.29) is 0 Å². The van der Waals surface area contributed by atoms with Gasteiger partial charge in [-0.3, -0.25) is 0 Å². The van der Waals surface area contributed by atoms with E-state index in [0.29, 0.717) is 12.3 Å². The molecular weight excluding hydrogens is 294 g/mol. The van der Waals surface area contributed by atoms with Gasteiger partial charge < -0.3 is 14.8 Å². The maximum atomic E-state index is 12.1. The van der Waals surface area contributed by atoms with Crippen molar-refractivity contribution in [2.45, 2.75) is 78.0 Å². The number of carbonyl (C=O) groups is 2. The molecule has 0 spiro atoms. The predicted octanol–water partition coefficient (Wildman–Crippen LogP) is 3.63. The van der Waals surface area contributed by atoms with E-state index >= 15 is 0 Å². The van der Waals surface area contributed by atoms with Gasteiger partial charge in [-0.1, -0.05) is 0 Å². The first-order chi connectivity index (χ1) is 9.44. The molecule has 0 aliphatic carbocycles. The van der Waals surface area contributed by atoms with E-state index in [4.69, 9.17) is 21.1 Å². The van der Waals surface area contributed by atoms with Crippen LogP contribution >= 0.6 is 11.6 Å². The topological polar surface area (TPSA) is 64.6 Å². The number of ether oxygens (including phenoxy) is 2. The molecule has 1 N–H and O–H groups in total. The lowest BCUT2D eigenvalue weighted by atomic mass is 10.1. The molecule has 0 rings (SSSR count). The molecule has 0 aliphatic rings. The number of alkyl halides is 1. The largest absolute Gasteiger partial charge is 0.458 e. The molecule has 0 heterocycles. The van der Waals surface area contributed by atoms with Crippen molar-refractivity contribution in [2.24, 2.45) is 0 Å². The van der Waals surface area contributed by atoms with Crippen molar-refractivity contribution in [3.05, 3.63) is 0 Å². The summed E-state index contributed by atoms with van der Waals surface area (Å²) in [6.07, 6.45) is 1.35. The molecular formula is C15H28ClNO4. The predicted molar refractivity (Wildman–Crippen MR) is 83.6 cm³/mol. The highest BCUT2D eigenvalue weighted by Gasteiger charge is 2.28. The molecule has 0 radical (unpaired) electrons. The molecule has 5 nitrogen and oxygen atoms in total. The second kappa shape index (κ2) is 8.47. The lowest BCUT2D eigenvalue weighted by Gasteiger charge is -2.26. The summed E-state index contributed by atoms with van der Waals surface area (Å²) in [4.78, 5) is 23.9. The van der Waals surface area contributed by atoms with E-state index in [2.05, 4.69) is 5.32 Å². The molecule has 0 saturated carbocycles. The number of alkyl carbamates (subject to hydrolysis) is 1. The first-order valence-corrected chi connectivity index (χ1v) is 7.76. The van der Waals surface area contributed by atoms with Gasteiger partial charge in [0.05, 0.1) is 0 Å². The smallest absolute Gasteiger partial charge is 0.408 e. The van der Waals surface area contributed by atoms with Crippen molar-refractivity contribution in [3.8, 4) is 0 Å². The van der Waals surface area contributed by atoms with Crippen LogP contribution in [0.25, 0.3) is 0 Å². The zero-order chi connectivity index (χ0) is 16.7. The van der Waals surface area contributed by atoms with Gasteiger partial charge in [0.2, 0.25) is 0 Å². The number of unbranched alkanes of at least 4 members (excludes halogenated alkanes) is 1. The van der Waals surface area contributed by atoms with Crippen molar-refractivity contribution < 1.29 is 19.1 Å². The molecule has 0 aromatic carbocycles. The van der Waals surface area contributed by atoms with Crippen molar-refractivity contribution >= 4 is 23.7 Å². The van der Waals surface area contributed by atoms with Gasteiger partial charge in [-0.15, -0.1) is 11.6 Å². The van der Waals surface area contributed by atoms with Gasteiger partial charge in [-0.2, -0.15) is 0 Å². The van der Waals surface area contributed by atoms with Crippen LogP contribution in [0.1, 0.15) is 60.8 Å². The van der Waals surface area contributed by atoms with Crippen LogP contribution < -0.4 is 5.32 Å². The monoisotopic (exact) mass is 321 g/mol. The van der Waals surface area contributed by atoms with Crippen LogP contribution in [0.15, 0.2) is 0 Å². The normalized spacial score (nSPS) is 13.5. The van der Waals surface area contributed by atoms with Crippen LogP contribution in [0.3, 0.4) is 0 Å². The Hall–Kier alpha value is -0.970. The number of rotatable bonds is 6. The van der Waals surface area contributed by atoms with E-state index in [1.165, 1.54) is 0 Å². The quantitative estimate of drug-likeness (QED) is 0.461. The second-order valence-electron chi connectivity index (χ2n) is 6.92. The van der Waals surface area contributed by atoms with Crippen LogP contribution in [0.4, 0.5) is 4.79 Å². The molecule has 124 valence electrons. The Labute approximate surface area is 132 Å². The highest BCUT2D eigenvalue weighted by molar-refractivity contribution is 6.17. The maximum absolute atomic E-state index is 12.1. The summed E-state index contributed by atoms with van der Waals surface area (Å²) >= 11 is 5.64. The molecule has 0 aliphatic heterocycles. The van der Waals surface area contributed by atoms with Crippen molar-refractivity contribution in [1.29, 1.82) is 0 Å². The number of amides is 1.